The Morgan fingerprint density at radius 2 is 1.84 bits per heavy atom. The number of hydrogen-bond acceptors (Lipinski definition) is 6. The van der Waals surface area contributed by atoms with Gasteiger partial charge in [-0.3, -0.25) is 4.98 Å². The van der Waals surface area contributed by atoms with Crippen molar-refractivity contribution in [2.24, 2.45) is 0 Å². The third kappa shape index (κ3) is 3.98. The molecule has 3 rings (SSSR count). The van der Waals surface area contributed by atoms with E-state index in [-0.39, 0.29) is 0 Å². The molecule has 0 bridgehead atoms. The summed E-state index contributed by atoms with van der Waals surface area (Å²) in [5.74, 6) is 2.02. The minimum atomic E-state index is 0.620. The van der Waals surface area contributed by atoms with E-state index in [1.165, 1.54) is 0 Å². The number of nitrogens with two attached hydrogens (primary N) is 1. The highest BCUT2D eigenvalue weighted by molar-refractivity contribution is 5.64. The van der Waals surface area contributed by atoms with Gasteiger partial charge in [-0.05, 0) is 35.9 Å². The lowest BCUT2D eigenvalue weighted by atomic mass is 10.1. The molecule has 3 N–H and O–H groups in total. The Morgan fingerprint density at radius 1 is 1.00 bits per heavy atom. The molecular weight excluding hydrogens is 316 g/mol. The number of methoxy groups -OCH3 is 2. The molecule has 1 aromatic heterocycles. The van der Waals surface area contributed by atoms with Crippen LogP contribution in [0, 0.1) is 0 Å². The molecule has 0 fully saturated rings. The highest BCUT2D eigenvalue weighted by Crippen LogP contribution is 2.31. The highest BCUT2D eigenvalue weighted by Gasteiger charge is 2.08. The predicted octanol–water partition coefficient (Wildman–Crippen LogP) is 3.36. The zero-order chi connectivity index (χ0) is 17.6. The zero-order valence-electron chi connectivity index (χ0n) is 14.2. The summed E-state index contributed by atoms with van der Waals surface area (Å²) >= 11 is 0. The zero-order valence-corrected chi connectivity index (χ0v) is 14.2. The fraction of sp³-hybridized carbons (Fsp3) is 0.158. The maximum atomic E-state index is 5.80. The second-order valence-corrected chi connectivity index (χ2v) is 5.46. The Morgan fingerprint density at radius 3 is 2.60 bits per heavy atom. The van der Waals surface area contributed by atoms with E-state index < -0.39 is 0 Å². The molecule has 0 radical (unpaired) electrons. The molecule has 25 heavy (non-hydrogen) atoms. The lowest BCUT2D eigenvalue weighted by Gasteiger charge is -2.10. The molecule has 0 aliphatic rings. The Bertz CT molecular complexity index is 868. The summed E-state index contributed by atoms with van der Waals surface area (Å²) < 4.78 is 10.6. The largest absolute Gasteiger partial charge is 0.493 e. The van der Waals surface area contributed by atoms with Crippen LogP contribution in [0.1, 0.15) is 5.56 Å². The van der Waals surface area contributed by atoms with Crippen LogP contribution in [0.5, 0.6) is 11.5 Å². The molecule has 2 aromatic carbocycles. The van der Waals surface area contributed by atoms with E-state index in [1.807, 2.05) is 42.5 Å². The van der Waals surface area contributed by atoms with Gasteiger partial charge in [0.25, 0.3) is 0 Å². The van der Waals surface area contributed by atoms with Crippen molar-refractivity contribution in [3.63, 3.8) is 0 Å². The van der Waals surface area contributed by atoms with Gasteiger partial charge < -0.3 is 20.5 Å². The Balaban J connectivity index is 1.79. The van der Waals surface area contributed by atoms with Crippen LogP contribution in [0.15, 0.2) is 54.9 Å². The number of nitrogens with zero attached hydrogens (tertiary/aromatic N) is 2. The van der Waals surface area contributed by atoms with Crippen molar-refractivity contribution < 1.29 is 9.47 Å². The molecule has 0 spiro atoms. The van der Waals surface area contributed by atoms with Crippen LogP contribution in [0.3, 0.4) is 0 Å². The molecule has 0 aliphatic heterocycles. The predicted molar refractivity (Wildman–Crippen MR) is 98.8 cm³/mol. The van der Waals surface area contributed by atoms with Crippen molar-refractivity contribution in [3.8, 4) is 22.8 Å². The van der Waals surface area contributed by atoms with Gasteiger partial charge in [0.05, 0.1) is 32.3 Å². The quantitative estimate of drug-likeness (QED) is 0.672. The van der Waals surface area contributed by atoms with Gasteiger partial charge in [-0.1, -0.05) is 12.1 Å². The van der Waals surface area contributed by atoms with Crippen LogP contribution in [0.25, 0.3) is 11.3 Å². The Labute approximate surface area is 146 Å². The molecule has 0 saturated heterocycles. The average Bonchev–Trinajstić information content (AvgIpc) is 2.66. The van der Waals surface area contributed by atoms with Gasteiger partial charge in [0.2, 0.25) is 0 Å². The van der Waals surface area contributed by atoms with E-state index in [9.17, 15) is 0 Å². The minimum Gasteiger partial charge on any atom is -0.493 e. The monoisotopic (exact) mass is 336 g/mol. The van der Waals surface area contributed by atoms with Gasteiger partial charge in [-0.2, -0.15) is 0 Å². The van der Waals surface area contributed by atoms with Crippen LogP contribution in [0.4, 0.5) is 11.5 Å². The van der Waals surface area contributed by atoms with E-state index in [1.54, 1.807) is 26.6 Å². The highest BCUT2D eigenvalue weighted by atomic mass is 16.5. The van der Waals surface area contributed by atoms with Crippen molar-refractivity contribution in [2.75, 3.05) is 25.3 Å². The van der Waals surface area contributed by atoms with Crippen molar-refractivity contribution >= 4 is 11.5 Å². The SMILES string of the molecule is COc1ccc(-c2cncc(NCc3cccc(N)c3)n2)cc1OC. The molecule has 6 nitrogen and oxygen atoms in total. The van der Waals surface area contributed by atoms with E-state index in [2.05, 4.69) is 15.3 Å². The number of ether oxygens (including phenoxy) is 2. The first-order valence-corrected chi connectivity index (χ1v) is 7.82. The Kier molecular flexibility index (Phi) is 4.99. The van der Waals surface area contributed by atoms with Gasteiger partial charge in [0.1, 0.15) is 5.82 Å². The molecule has 0 aliphatic carbocycles. The molecule has 0 unspecified atom stereocenters. The summed E-state index contributed by atoms with van der Waals surface area (Å²) in [7, 11) is 3.22. The average molecular weight is 336 g/mol. The normalized spacial score (nSPS) is 10.3. The molecule has 1 heterocycles. The van der Waals surface area contributed by atoms with Crippen molar-refractivity contribution in [1.29, 1.82) is 0 Å². The maximum absolute atomic E-state index is 5.80. The molecule has 0 saturated carbocycles. The Hall–Kier alpha value is -3.28. The van der Waals surface area contributed by atoms with Gasteiger partial charge in [-0.25, -0.2) is 4.98 Å². The van der Waals surface area contributed by atoms with E-state index in [0.717, 1.165) is 22.5 Å². The minimum absolute atomic E-state index is 0.620. The topological polar surface area (TPSA) is 82.3 Å². The second kappa shape index (κ2) is 7.53. The fourth-order valence-corrected chi connectivity index (χ4v) is 2.48. The number of nitrogen functional groups attached to an aromatic ring is 1. The van der Waals surface area contributed by atoms with Crippen LogP contribution >= 0.6 is 0 Å². The molecule has 3 aromatic rings. The van der Waals surface area contributed by atoms with E-state index >= 15 is 0 Å². The van der Waals surface area contributed by atoms with Crippen molar-refractivity contribution in [2.45, 2.75) is 6.54 Å². The molecule has 0 atom stereocenters. The third-order valence-electron chi connectivity index (χ3n) is 3.74. The first kappa shape index (κ1) is 16.6. The maximum Gasteiger partial charge on any atom is 0.161 e. The van der Waals surface area contributed by atoms with Crippen LogP contribution in [-0.4, -0.2) is 24.2 Å². The number of aromatic nitrogens is 2. The van der Waals surface area contributed by atoms with Crippen LogP contribution in [0.2, 0.25) is 0 Å². The van der Waals surface area contributed by atoms with Gasteiger partial charge in [0.15, 0.2) is 11.5 Å². The van der Waals surface area contributed by atoms with Gasteiger partial charge >= 0.3 is 0 Å². The number of rotatable bonds is 6. The van der Waals surface area contributed by atoms with E-state index in [4.69, 9.17) is 15.2 Å². The number of nitrogens with one attached hydrogen (secondary N) is 1. The van der Waals surface area contributed by atoms with Crippen LogP contribution in [-0.2, 0) is 6.54 Å². The summed E-state index contributed by atoms with van der Waals surface area (Å²) in [4.78, 5) is 8.88. The standard InChI is InChI=1S/C19H20N4O2/c1-24-17-7-6-14(9-18(17)25-2)16-11-21-12-19(23-16)22-10-13-4-3-5-15(20)8-13/h3-9,11-12H,10,20H2,1-2H3,(H,22,23). The summed E-state index contributed by atoms with van der Waals surface area (Å²) in [5.41, 5.74) is 9.27. The lowest BCUT2D eigenvalue weighted by Crippen LogP contribution is -2.03. The van der Waals surface area contributed by atoms with Crippen molar-refractivity contribution in [3.05, 3.63) is 60.4 Å². The third-order valence-corrected chi connectivity index (χ3v) is 3.74. The van der Waals surface area contributed by atoms with Crippen molar-refractivity contribution in [1.82, 2.24) is 9.97 Å². The summed E-state index contributed by atoms with van der Waals surface area (Å²) in [5, 5.41) is 3.26. The smallest absolute Gasteiger partial charge is 0.161 e. The first-order chi connectivity index (χ1) is 12.2. The summed E-state index contributed by atoms with van der Waals surface area (Å²) in [6.45, 7) is 0.620. The second-order valence-electron chi connectivity index (χ2n) is 5.46. The van der Waals surface area contributed by atoms with Gasteiger partial charge in [-0.15, -0.1) is 0 Å². The molecule has 6 heteroatoms. The number of benzene rings is 2. The number of hydrogen-bond donors (Lipinski definition) is 2. The van der Waals surface area contributed by atoms with E-state index in [0.29, 0.717) is 23.9 Å². The molecule has 0 amide bonds. The fourth-order valence-electron chi connectivity index (χ4n) is 2.48. The molecule has 128 valence electrons. The molecular formula is C19H20N4O2. The summed E-state index contributed by atoms with van der Waals surface area (Å²) in [6.07, 6.45) is 3.41. The lowest BCUT2D eigenvalue weighted by molar-refractivity contribution is 0.355. The van der Waals surface area contributed by atoms with Crippen LogP contribution < -0.4 is 20.5 Å². The first-order valence-electron chi connectivity index (χ1n) is 7.82. The van der Waals surface area contributed by atoms with Gasteiger partial charge in [0, 0.05) is 17.8 Å². The number of anilines is 2. The summed E-state index contributed by atoms with van der Waals surface area (Å²) in [6, 6.07) is 13.4.